The average Bonchev–Trinajstić information content (AvgIpc) is 3.19. The summed E-state index contributed by atoms with van der Waals surface area (Å²) >= 11 is 0. The third-order valence-corrected chi connectivity index (χ3v) is 9.72. The molecule has 0 aliphatic rings. The highest BCUT2D eigenvalue weighted by Gasteiger charge is 2.33. The van der Waals surface area contributed by atoms with E-state index < -0.39 is 102 Å². The van der Waals surface area contributed by atoms with Crippen LogP contribution in [-0.4, -0.2) is 113 Å². The Morgan fingerprint density at radius 1 is 0.750 bits per heavy atom. The summed E-state index contributed by atoms with van der Waals surface area (Å²) in [6.07, 6.45) is 1.07. The summed E-state index contributed by atoms with van der Waals surface area (Å²) in [5, 5.41) is 35.9. The number of benzene rings is 1. The van der Waals surface area contributed by atoms with Crippen LogP contribution in [0.4, 0.5) is 5.69 Å². The third-order valence-electron chi connectivity index (χ3n) is 9.72. The predicted octanol–water partition coefficient (Wildman–Crippen LogP) is -2.33. The summed E-state index contributed by atoms with van der Waals surface area (Å²) in [6, 6.07) is -1.99. The molecule has 0 spiro atoms. The van der Waals surface area contributed by atoms with Crippen molar-refractivity contribution in [1.82, 2.24) is 31.9 Å². The SMILES string of the molecule is CCC(C)C(NC(=O)C(Cc1ccc([N+](=O)[O-])cc1)NC(=O)C(CCCN=C(N)N)NC(=O)CNC(=O)C(NC(=O)C(CC(C)C)NC(=O)C(N)CO)C(C)CC)C(N)=O. The minimum Gasteiger partial charge on any atom is -0.394 e. The summed E-state index contributed by atoms with van der Waals surface area (Å²) in [6.45, 7) is 9.43. The van der Waals surface area contributed by atoms with E-state index in [1.807, 2.05) is 13.8 Å². The quantitative estimate of drug-likeness (QED) is 0.0146. The molecule has 60 heavy (non-hydrogen) atoms. The molecule has 1 rings (SSSR count). The van der Waals surface area contributed by atoms with Gasteiger partial charge in [0.15, 0.2) is 5.96 Å². The number of hydrogen-bond acceptors (Lipinski definition) is 12. The van der Waals surface area contributed by atoms with Gasteiger partial charge in [0.1, 0.15) is 36.3 Å². The molecule has 22 heteroatoms. The maximum absolute atomic E-state index is 13.9. The van der Waals surface area contributed by atoms with E-state index in [1.165, 1.54) is 24.3 Å². The Kier molecular flexibility index (Phi) is 22.8. The molecule has 0 saturated heterocycles. The number of primary amides is 1. The molecule has 1 aromatic rings. The maximum atomic E-state index is 13.9. The van der Waals surface area contributed by atoms with Gasteiger partial charge in [-0.3, -0.25) is 48.7 Å². The monoisotopic (exact) mass is 848 g/mol. The Morgan fingerprint density at radius 3 is 1.80 bits per heavy atom. The van der Waals surface area contributed by atoms with Crippen LogP contribution in [0.3, 0.4) is 0 Å². The smallest absolute Gasteiger partial charge is 0.269 e. The Hall–Kier alpha value is -5.90. The number of nitrogens with one attached hydrogen (secondary N) is 6. The molecular formula is C38H64N12O10. The number of aliphatic hydroxyl groups is 1. The highest BCUT2D eigenvalue weighted by Crippen LogP contribution is 2.15. The number of carbonyl (C=O) groups excluding carboxylic acids is 7. The van der Waals surface area contributed by atoms with Crippen molar-refractivity contribution in [2.75, 3.05) is 19.7 Å². The minimum atomic E-state index is -1.36. The second-order valence-corrected chi connectivity index (χ2v) is 15.1. The summed E-state index contributed by atoms with van der Waals surface area (Å²) in [5.74, 6) is -6.46. The van der Waals surface area contributed by atoms with Crippen LogP contribution in [0, 0.1) is 27.9 Å². The standard InChI is InChI=1S/C38H64N12O10/c1-7-21(5)30(32(40)53)48-36(57)28(17-23-11-13-24(14-12-23)50(59)60)47-34(55)26(10-9-15-43-38(41)42)45-29(52)18-44-37(58)31(22(6)8-2)49-35(56)27(16-20(3)4)46-33(54)25(39)19-51/h11-14,20-22,25-28,30-31,51H,7-10,15-19,39H2,1-6H3,(H2,40,53)(H,44,58)(H,45,52)(H,46,54)(H,47,55)(H,48,57)(H,49,56)(H4,41,42,43). The first-order valence-electron chi connectivity index (χ1n) is 19.9. The molecule has 1 aromatic carbocycles. The molecule has 0 aliphatic heterocycles. The Bertz CT molecular complexity index is 1650. The summed E-state index contributed by atoms with van der Waals surface area (Å²) in [4.78, 5) is 107. The maximum Gasteiger partial charge on any atom is 0.269 e. The van der Waals surface area contributed by atoms with E-state index in [9.17, 15) is 48.8 Å². The van der Waals surface area contributed by atoms with E-state index in [0.29, 0.717) is 18.4 Å². The normalized spacial score (nSPS) is 15.0. The molecule has 0 saturated carbocycles. The zero-order valence-corrected chi connectivity index (χ0v) is 35.2. The number of rotatable bonds is 27. The average molecular weight is 849 g/mol. The molecule has 0 aliphatic carbocycles. The van der Waals surface area contributed by atoms with Gasteiger partial charge in [-0.15, -0.1) is 0 Å². The number of aliphatic hydroxyl groups excluding tert-OH is 1. The second kappa shape index (κ2) is 26.3. The number of hydrogen-bond donors (Lipinski definition) is 11. The molecule has 336 valence electrons. The Morgan fingerprint density at radius 2 is 1.28 bits per heavy atom. The highest BCUT2D eigenvalue weighted by atomic mass is 16.6. The largest absolute Gasteiger partial charge is 0.394 e. The van der Waals surface area contributed by atoms with Crippen molar-refractivity contribution in [2.45, 2.75) is 116 Å². The topological polar surface area (TPSA) is 371 Å². The first-order valence-corrected chi connectivity index (χ1v) is 19.9. The Balaban J connectivity index is 3.33. The van der Waals surface area contributed by atoms with Crippen molar-refractivity contribution in [1.29, 1.82) is 0 Å². The predicted molar refractivity (Wildman–Crippen MR) is 222 cm³/mol. The van der Waals surface area contributed by atoms with Crippen LogP contribution in [0.15, 0.2) is 29.3 Å². The van der Waals surface area contributed by atoms with Gasteiger partial charge in [0, 0.05) is 25.1 Å². The van der Waals surface area contributed by atoms with Crippen LogP contribution in [-0.2, 0) is 40.0 Å². The first kappa shape index (κ1) is 52.1. The lowest BCUT2D eigenvalue weighted by Gasteiger charge is -2.28. The number of nitrogens with zero attached hydrogens (tertiary/aromatic N) is 2. The molecule has 0 bridgehead atoms. The molecule has 0 heterocycles. The fourth-order valence-corrected chi connectivity index (χ4v) is 5.77. The van der Waals surface area contributed by atoms with Crippen molar-refractivity contribution < 1.29 is 43.6 Å². The van der Waals surface area contributed by atoms with Crippen LogP contribution >= 0.6 is 0 Å². The lowest BCUT2D eigenvalue weighted by molar-refractivity contribution is -0.384. The van der Waals surface area contributed by atoms with Crippen molar-refractivity contribution in [2.24, 2.45) is 45.7 Å². The number of guanidine groups is 1. The van der Waals surface area contributed by atoms with Gasteiger partial charge in [-0.25, -0.2) is 0 Å². The Labute approximate surface area is 349 Å². The molecule has 0 aromatic heterocycles. The molecular weight excluding hydrogens is 784 g/mol. The first-order chi connectivity index (χ1) is 28.1. The highest BCUT2D eigenvalue weighted by molar-refractivity contribution is 5.96. The fraction of sp³-hybridized carbons (Fsp3) is 0.632. The zero-order valence-electron chi connectivity index (χ0n) is 35.2. The number of carbonyl (C=O) groups is 7. The van der Waals surface area contributed by atoms with E-state index >= 15 is 0 Å². The molecule has 0 fully saturated rings. The number of nitro benzene ring substituents is 1. The van der Waals surface area contributed by atoms with E-state index in [1.54, 1.807) is 27.7 Å². The van der Waals surface area contributed by atoms with E-state index in [2.05, 4.69) is 36.9 Å². The molecule has 8 atom stereocenters. The van der Waals surface area contributed by atoms with E-state index in [4.69, 9.17) is 22.9 Å². The number of aliphatic imine (C=N–C) groups is 1. The van der Waals surface area contributed by atoms with Gasteiger partial charge in [-0.2, -0.15) is 0 Å². The molecule has 22 nitrogen and oxygen atoms in total. The second-order valence-electron chi connectivity index (χ2n) is 15.1. The van der Waals surface area contributed by atoms with Crippen molar-refractivity contribution in [3.8, 4) is 0 Å². The lowest BCUT2D eigenvalue weighted by Crippen LogP contribution is -2.59. The summed E-state index contributed by atoms with van der Waals surface area (Å²) in [7, 11) is 0. The van der Waals surface area contributed by atoms with Crippen LogP contribution in [0.5, 0.6) is 0 Å². The molecule has 15 N–H and O–H groups in total. The number of amides is 7. The molecule has 8 unspecified atom stereocenters. The van der Waals surface area contributed by atoms with Crippen LogP contribution in [0.2, 0.25) is 0 Å². The number of non-ortho nitro benzene ring substituents is 1. The van der Waals surface area contributed by atoms with Crippen LogP contribution in [0.25, 0.3) is 0 Å². The van der Waals surface area contributed by atoms with Gasteiger partial charge < -0.3 is 59.9 Å². The lowest BCUT2D eigenvalue weighted by atomic mass is 9.96. The van der Waals surface area contributed by atoms with Gasteiger partial charge in [-0.1, -0.05) is 66.5 Å². The van der Waals surface area contributed by atoms with E-state index in [0.717, 1.165) is 0 Å². The van der Waals surface area contributed by atoms with Gasteiger partial charge >= 0.3 is 0 Å². The van der Waals surface area contributed by atoms with Gasteiger partial charge in [0.05, 0.1) is 18.1 Å². The third kappa shape index (κ3) is 18.4. The minimum absolute atomic E-state index is 0.0423. The van der Waals surface area contributed by atoms with Crippen molar-refractivity contribution in [3.63, 3.8) is 0 Å². The van der Waals surface area contributed by atoms with E-state index in [-0.39, 0.29) is 55.7 Å². The summed E-state index contributed by atoms with van der Waals surface area (Å²) in [5.41, 5.74) is 22.3. The van der Waals surface area contributed by atoms with Gasteiger partial charge in [0.2, 0.25) is 41.4 Å². The van der Waals surface area contributed by atoms with Crippen molar-refractivity contribution in [3.05, 3.63) is 39.9 Å². The van der Waals surface area contributed by atoms with Crippen molar-refractivity contribution >= 4 is 53.0 Å². The number of nitrogens with two attached hydrogens (primary N) is 4. The van der Waals surface area contributed by atoms with Gasteiger partial charge in [-0.05, 0) is 42.6 Å². The zero-order chi connectivity index (χ0) is 45.7. The summed E-state index contributed by atoms with van der Waals surface area (Å²) < 4.78 is 0. The fourth-order valence-electron chi connectivity index (χ4n) is 5.77. The van der Waals surface area contributed by atoms with Crippen LogP contribution < -0.4 is 54.8 Å². The number of nitro groups is 1. The molecule has 7 amide bonds. The van der Waals surface area contributed by atoms with Crippen LogP contribution in [0.1, 0.15) is 79.2 Å². The van der Waals surface area contributed by atoms with Gasteiger partial charge in [0.25, 0.3) is 5.69 Å². The molecule has 0 radical (unpaired) electrons.